The van der Waals surface area contributed by atoms with E-state index in [9.17, 15) is 0 Å². The molecule has 0 amide bonds. The van der Waals surface area contributed by atoms with Gasteiger partial charge in [0, 0.05) is 34.1 Å². The Bertz CT molecular complexity index is 1750. The number of hydrogen-bond acceptors (Lipinski definition) is 2. The molecule has 0 aliphatic carbocycles. The second kappa shape index (κ2) is 12.3. The lowest BCUT2D eigenvalue weighted by Crippen LogP contribution is -2.10. The first-order valence-electron chi connectivity index (χ1n) is 14.7. The van der Waals surface area contributed by atoms with E-state index in [1.165, 1.54) is 27.8 Å². The number of hydrogen-bond donors (Lipinski definition) is 0. The van der Waals surface area contributed by atoms with E-state index in [4.69, 9.17) is 0 Å². The summed E-state index contributed by atoms with van der Waals surface area (Å²) in [5.74, 6) is 0. The molecule has 0 aliphatic rings. The average molecular weight is 557 g/mol. The van der Waals surface area contributed by atoms with Gasteiger partial charge in [-0.1, -0.05) is 102 Å². The summed E-state index contributed by atoms with van der Waals surface area (Å²) in [7, 11) is 0. The Hall–Kier alpha value is -5.34. The predicted octanol–water partition coefficient (Wildman–Crippen LogP) is 11.9. The van der Waals surface area contributed by atoms with Crippen molar-refractivity contribution in [3.8, 4) is 11.1 Å². The van der Waals surface area contributed by atoms with Crippen LogP contribution in [-0.4, -0.2) is 0 Å². The third-order valence-corrected chi connectivity index (χ3v) is 7.85. The number of rotatable bonds is 8. The SMILES string of the molecule is C=Cc1ccc(N(c2ccc(C)cc2)c2ccc(-c3ccc(N(c4ccc(C)cc4)c4ccc(C)cc4)cc3)cc2)cc1. The highest BCUT2D eigenvalue weighted by Gasteiger charge is 2.14. The van der Waals surface area contributed by atoms with Crippen LogP contribution in [0, 0.1) is 20.8 Å². The maximum Gasteiger partial charge on any atom is 0.0462 e. The topological polar surface area (TPSA) is 6.48 Å². The molecule has 0 bridgehead atoms. The van der Waals surface area contributed by atoms with Gasteiger partial charge in [-0.15, -0.1) is 0 Å². The molecule has 0 aromatic heterocycles. The maximum absolute atomic E-state index is 3.91. The van der Waals surface area contributed by atoms with Gasteiger partial charge in [0.1, 0.15) is 0 Å². The van der Waals surface area contributed by atoms with Crippen LogP contribution in [0.15, 0.2) is 152 Å². The summed E-state index contributed by atoms with van der Waals surface area (Å²) in [5.41, 5.74) is 14.0. The summed E-state index contributed by atoms with van der Waals surface area (Å²) in [5, 5.41) is 0. The van der Waals surface area contributed by atoms with Crippen LogP contribution in [0.5, 0.6) is 0 Å². The third kappa shape index (κ3) is 6.14. The lowest BCUT2D eigenvalue weighted by atomic mass is 10.0. The van der Waals surface area contributed by atoms with E-state index in [1.54, 1.807) is 0 Å². The summed E-state index contributed by atoms with van der Waals surface area (Å²) >= 11 is 0. The van der Waals surface area contributed by atoms with Crippen molar-refractivity contribution in [2.45, 2.75) is 20.8 Å². The highest BCUT2D eigenvalue weighted by Crippen LogP contribution is 2.38. The van der Waals surface area contributed by atoms with E-state index >= 15 is 0 Å². The van der Waals surface area contributed by atoms with Crippen LogP contribution in [0.25, 0.3) is 17.2 Å². The number of nitrogens with zero attached hydrogens (tertiary/aromatic N) is 2. The van der Waals surface area contributed by atoms with Crippen molar-refractivity contribution in [2.75, 3.05) is 9.80 Å². The van der Waals surface area contributed by atoms with Crippen LogP contribution in [0.2, 0.25) is 0 Å². The zero-order valence-electron chi connectivity index (χ0n) is 25.0. The molecule has 0 heterocycles. The minimum absolute atomic E-state index is 1.11. The molecule has 2 nitrogen and oxygen atoms in total. The van der Waals surface area contributed by atoms with Gasteiger partial charge in [0.05, 0.1) is 0 Å². The fraction of sp³-hybridized carbons (Fsp3) is 0.0732. The van der Waals surface area contributed by atoms with E-state index in [0.717, 1.165) is 39.7 Å². The third-order valence-electron chi connectivity index (χ3n) is 7.85. The molecular weight excluding hydrogens is 520 g/mol. The fourth-order valence-electron chi connectivity index (χ4n) is 5.34. The molecule has 0 N–H and O–H groups in total. The normalized spacial score (nSPS) is 10.8. The van der Waals surface area contributed by atoms with Gasteiger partial charge in [-0.2, -0.15) is 0 Å². The fourth-order valence-corrected chi connectivity index (χ4v) is 5.34. The highest BCUT2D eigenvalue weighted by atomic mass is 15.1. The number of benzene rings is 6. The Labute approximate surface area is 255 Å². The van der Waals surface area contributed by atoms with Crippen molar-refractivity contribution in [3.05, 3.63) is 174 Å². The quantitative estimate of drug-likeness (QED) is 0.184. The van der Waals surface area contributed by atoms with Gasteiger partial charge in [-0.25, -0.2) is 0 Å². The monoisotopic (exact) mass is 556 g/mol. The van der Waals surface area contributed by atoms with Gasteiger partial charge in [0.25, 0.3) is 0 Å². The molecule has 43 heavy (non-hydrogen) atoms. The minimum atomic E-state index is 1.11. The molecule has 0 radical (unpaired) electrons. The van der Waals surface area contributed by atoms with Gasteiger partial charge >= 0.3 is 0 Å². The zero-order chi connectivity index (χ0) is 29.8. The first kappa shape index (κ1) is 27.8. The van der Waals surface area contributed by atoms with Gasteiger partial charge < -0.3 is 9.80 Å². The summed E-state index contributed by atoms with van der Waals surface area (Å²) in [6, 6.07) is 52.3. The lowest BCUT2D eigenvalue weighted by Gasteiger charge is -2.26. The Morgan fingerprint density at radius 2 is 0.581 bits per heavy atom. The molecule has 2 heteroatoms. The molecule has 6 rings (SSSR count). The van der Waals surface area contributed by atoms with Crippen LogP contribution in [-0.2, 0) is 0 Å². The van der Waals surface area contributed by atoms with Crippen LogP contribution in [0.3, 0.4) is 0 Å². The Balaban J connectivity index is 1.31. The largest absolute Gasteiger partial charge is 0.311 e. The predicted molar refractivity (Wildman–Crippen MR) is 186 cm³/mol. The van der Waals surface area contributed by atoms with Crippen molar-refractivity contribution < 1.29 is 0 Å². The number of anilines is 6. The van der Waals surface area contributed by atoms with Gasteiger partial charge in [-0.05, 0) is 110 Å². The molecule has 6 aromatic carbocycles. The van der Waals surface area contributed by atoms with E-state index in [-0.39, 0.29) is 0 Å². The van der Waals surface area contributed by atoms with E-state index < -0.39 is 0 Å². The van der Waals surface area contributed by atoms with Crippen LogP contribution in [0.4, 0.5) is 34.1 Å². The Kier molecular flexibility index (Phi) is 7.93. The van der Waals surface area contributed by atoms with Crippen LogP contribution >= 0.6 is 0 Å². The number of aryl methyl sites for hydroxylation is 3. The van der Waals surface area contributed by atoms with Crippen LogP contribution in [0.1, 0.15) is 22.3 Å². The van der Waals surface area contributed by atoms with E-state index in [0.29, 0.717) is 0 Å². The first-order valence-corrected chi connectivity index (χ1v) is 14.7. The molecule has 0 fully saturated rings. The second-order valence-corrected chi connectivity index (χ2v) is 11.1. The van der Waals surface area contributed by atoms with Crippen molar-refractivity contribution >= 4 is 40.2 Å². The van der Waals surface area contributed by atoms with Gasteiger partial charge in [0.15, 0.2) is 0 Å². The second-order valence-electron chi connectivity index (χ2n) is 11.1. The molecular formula is C41H36N2. The molecule has 6 aromatic rings. The molecule has 0 unspecified atom stereocenters. The maximum atomic E-state index is 3.91. The first-order chi connectivity index (χ1) is 21.0. The summed E-state index contributed by atoms with van der Waals surface area (Å²) < 4.78 is 0. The Morgan fingerprint density at radius 1 is 0.349 bits per heavy atom. The molecule has 0 aliphatic heterocycles. The summed E-state index contributed by atoms with van der Waals surface area (Å²) in [6.07, 6.45) is 1.88. The van der Waals surface area contributed by atoms with Gasteiger partial charge in [0.2, 0.25) is 0 Å². The van der Waals surface area contributed by atoms with Gasteiger partial charge in [-0.3, -0.25) is 0 Å². The average Bonchev–Trinajstić information content (AvgIpc) is 3.05. The lowest BCUT2D eigenvalue weighted by molar-refractivity contribution is 1.27. The minimum Gasteiger partial charge on any atom is -0.311 e. The summed E-state index contributed by atoms with van der Waals surface area (Å²) in [6.45, 7) is 10.3. The molecule has 0 saturated heterocycles. The molecule has 210 valence electrons. The van der Waals surface area contributed by atoms with E-state index in [2.05, 4.69) is 183 Å². The standard InChI is InChI=1S/C41H36N2/c1-5-33-12-24-39(25-13-33)43(38-22-10-32(4)11-23-38)41-28-16-35(17-29-41)34-14-26-40(27-15-34)42(36-18-6-30(2)7-19-36)37-20-8-31(3)9-21-37/h5-29H,1H2,2-4H3. The van der Waals surface area contributed by atoms with E-state index in [1.807, 2.05) is 6.08 Å². The molecule has 0 saturated carbocycles. The smallest absolute Gasteiger partial charge is 0.0462 e. The molecule has 0 atom stereocenters. The Morgan fingerprint density at radius 3 is 0.837 bits per heavy atom. The zero-order valence-corrected chi connectivity index (χ0v) is 25.0. The van der Waals surface area contributed by atoms with Crippen molar-refractivity contribution in [2.24, 2.45) is 0 Å². The molecule has 0 spiro atoms. The van der Waals surface area contributed by atoms with Crippen LogP contribution < -0.4 is 9.80 Å². The summed E-state index contributed by atoms with van der Waals surface area (Å²) in [4.78, 5) is 4.60. The highest BCUT2D eigenvalue weighted by molar-refractivity contribution is 5.81. The van der Waals surface area contributed by atoms with Crippen molar-refractivity contribution in [1.29, 1.82) is 0 Å². The van der Waals surface area contributed by atoms with Crippen molar-refractivity contribution in [3.63, 3.8) is 0 Å². The van der Waals surface area contributed by atoms with Crippen molar-refractivity contribution in [1.82, 2.24) is 0 Å².